The molecule has 0 N–H and O–H groups in total. The van der Waals surface area contributed by atoms with Crippen molar-refractivity contribution >= 4 is 51.1 Å². The lowest BCUT2D eigenvalue weighted by Crippen LogP contribution is -1.77. The summed E-state index contributed by atoms with van der Waals surface area (Å²) in [5.74, 6) is 0. The summed E-state index contributed by atoms with van der Waals surface area (Å²) in [6, 6.07) is 3.94. The van der Waals surface area contributed by atoms with Crippen LogP contribution in [0, 0.1) is 0 Å². The molecule has 0 saturated heterocycles. The van der Waals surface area contributed by atoms with Gasteiger partial charge in [-0.25, -0.2) is 0 Å². The van der Waals surface area contributed by atoms with Crippen molar-refractivity contribution in [2.45, 2.75) is 4.90 Å². The third kappa shape index (κ3) is 1.56. The van der Waals surface area contributed by atoms with Gasteiger partial charge in [0.1, 0.15) is 0 Å². The number of benzene rings is 1. The molecule has 2 rings (SSSR count). The number of carbonyl (C=O) groups excluding carboxylic acids is 1. The summed E-state index contributed by atoms with van der Waals surface area (Å²) in [6.45, 7) is 0. The van der Waals surface area contributed by atoms with Crippen LogP contribution in [0.15, 0.2) is 22.4 Å². The van der Waals surface area contributed by atoms with Gasteiger partial charge < -0.3 is 0 Å². The van der Waals surface area contributed by atoms with Crippen LogP contribution in [0.1, 0.15) is 10.4 Å². The lowest BCUT2D eigenvalue weighted by molar-refractivity contribution is 0.112. The fraction of sp³-hybridized carbons (Fsp3) is 0.100. The standard InChI is InChI=1S/C10H7ClOS2/c1-13-7-2-8-6(4-12)5-14-10(8)9(11)3-7/h2-5H,1H3. The van der Waals surface area contributed by atoms with Crippen LogP contribution < -0.4 is 0 Å². The number of aldehydes is 1. The highest BCUT2D eigenvalue weighted by Crippen LogP contribution is 2.35. The van der Waals surface area contributed by atoms with Crippen molar-refractivity contribution < 1.29 is 4.79 Å². The molecule has 0 fully saturated rings. The molecule has 1 aromatic heterocycles. The van der Waals surface area contributed by atoms with Crippen LogP contribution in [0.5, 0.6) is 0 Å². The van der Waals surface area contributed by atoms with Crippen molar-refractivity contribution in [2.75, 3.05) is 6.26 Å². The zero-order valence-electron chi connectivity index (χ0n) is 7.41. The van der Waals surface area contributed by atoms with Gasteiger partial charge in [0.05, 0.1) is 9.72 Å². The SMILES string of the molecule is CSc1cc(Cl)c2scc(C=O)c2c1. The number of hydrogen-bond acceptors (Lipinski definition) is 3. The van der Waals surface area contributed by atoms with E-state index in [1.165, 1.54) is 11.3 Å². The van der Waals surface area contributed by atoms with Gasteiger partial charge in [0, 0.05) is 21.2 Å². The highest BCUT2D eigenvalue weighted by molar-refractivity contribution is 7.98. The molecule has 0 spiro atoms. The first-order valence-electron chi connectivity index (χ1n) is 3.96. The molecule has 0 unspecified atom stereocenters. The highest BCUT2D eigenvalue weighted by atomic mass is 35.5. The lowest BCUT2D eigenvalue weighted by atomic mass is 10.2. The molecule has 0 amide bonds. The molecular weight excluding hydrogens is 236 g/mol. The van der Waals surface area contributed by atoms with E-state index in [-0.39, 0.29) is 0 Å². The first kappa shape index (κ1) is 10.0. The van der Waals surface area contributed by atoms with Gasteiger partial charge >= 0.3 is 0 Å². The summed E-state index contributed by atoms with van der Waals surface area (Å²) in [6.07, 6.45) is 2.86. The molecule has 0 aliphatic heterocycles. The van der Waals surface area contributed by atoms with E-state index >= 15 is 0 Å². The van der Waals surface area contributed by atoms with Gasteiger partial charge in [0.2, 0.25) is 0 Å². The summed E-state index contributed by atoms with van der Waals surface area (Å²) in [5, 5.41) is 3.53. The molecule has 2 aromatic rings. The molecule has 0 radical (unpaired) electrons. The van der Waals surface area contributed by atoms with Crippen molar-refractivity contribution in [3.63, 3.8) is 0 Å². The van der Waals surface area contributed by atoms with Crippen LogP contribution in [0.2, 0.25) is 5.02 Å². The Labute approximate surface area is 95.1 Å². The Bertz CT molecular complexity index is 490. The van der Waals surface area contributed by atoms with Gasteiger partial charge in [-0.2, -0.15) is 0 Å². The monoisotopic (exact) mass is 242 g/mol. The number of hydrogen-bond donors (Lipinski definition) is 0. The Morgan fingerprint density at radius 3 is 2.93 bits per heavy atom. The maximum Gasteiger partial charge on any atom is 0.151 e. The summed E-state index contributed by atoms with van der Waals surface area (Å²) in [4.78, 5) is 11.8. The summed E-state index contributed by atoms with van der Waals surface area (Å²) in [7, 11) is 0. The Balaban J connectivity index is 2.79. The van der Waals surface area contributed by atoms with E-state index in [0.717, 1.165) is 31.9 Å². The van der Waals surface area contributed by atoms with Crippen LogP contribution >= 0.6 is 34.7 Å². The van der Waals surface area contributed by atoms with E-state index in [9.17, 15) is 4.79 Å². The molecule has 1 aromatic carbocycles. The van der Waals surface area contributed by atoms with Crippen molar-refractivity contribution in [3.8, 4) is 0 Å². The Morgan fingerprint density at radius 1 is 1.50 bits per heavy atom. The van der Waals surface area contributed by atoms with Crippen LogP contribution in [0.4, 0.5) is 0 Å². The molecule has 72 valence electrons. The predicted octanol–water partition coefficient (Wildman–Crippen LogP) is 4.09. The van der Waals surface area contributed by atoms with E-state index in [1.54, 1.807) is 11.8 Å². The molecule has 0 bridgehead atoms. The van der Waals surface area contributed by atoms with E-state index in [1.807, 2.05) is 23.8 Å². The van der Waals surface area contributed by atoms with E-state index in [0.29, 0.717) is 0 Å². The van der Waals surface area contributed by atoms with Gasteiger partial charge in [0.25, 0.3) is 0 Å². The van der Waals surface area contributed by atoms with Crippen LogP contribution in [0.3, 0.4) is 0 Å². The maximum absolute atomic E-state index is 10.7. The molecule has 0 saturated carbocycles. The van der Waals surface area contributed by atoms with Crippen molar-refractivity contribution in [1.29, 1.82) is 0 Å². The largest absolute Gasteiger partial charge is 0.298 e. The Kier molecular flexibility index (Phi) is 2.81. The van der Waals surface area contributed by atoms with E-state index < -0.39 is 0 Å². The van der Waals surface area contributed by atoms with Crippen molar-refractivity contribution in [2.24, 2.45) is 0 Å². The van der Waals surface area contributed by atoms with Crippen LogP contribution in [-0.4, -0.2) is 12.5 Å². The van der Waals surface area contributed by atoms with Crippen LogP contribution in [0.25, 0.3) is 10.1 Å². The number of thiophene rings is 1. The topological polar surface area (TPSA) is 17.1 Å². The van der Waals surface area contributed by atoms with Gasteiger partial charge in [-0.05, 0) is 18.4 Å². The zero-order chi connectivity index (χ0) is 10.1. The van der Waals surface area contributed by atoms with Gasteiger partial charge in [-0.3, -0.25) is 4.79 Å². The molecule has 1 heterocycles. The summed E-state index contributed by atoms with van der Waals surface area (Å²) >= 11 is 9.23. The van der Waals surface area contributed by atoms with Gasteiger partial charge in [-0.1, -0.05) is 11.6 Å². The number of thioether (sulfide) groups is 1. The average Bonchev–Trinajstić information content (AvgIpc) is 2.61. The number of halogens is 1. The second kappa shape index (κ2) is 3.93. The van der Waals surface area contributed by atoms with E-state index in [2.05, 4.69) is 0 Å². The highest BCUT2D eigenvalue weighted by Gasteiger charge is 2.08. The maximum atomic E-state index is 10.7. The quantitative estimate of drug-likeness (QED) is 0.583. The summed E-state index contributed by atoms with van der Waals surface area (Å²) < 4.78 is 0.992. The Morgan fingerprint density at radius 2 is 2.29 bits per heavy atom. The predicted molar refractivity (Wildman–Crippen MR) is 64.0 cm³/mol. The minimum absolute atomic E-state index is 0.725. The molecule has 0 aliphatic rings. The second-order valence-electron chi connectivity index (χ2n) is 2.79. The summed E-state index contributed by atoms with van der Waals surface area (Å²) in [5.41, 5.74) is 0.725. The molecule has 1 nitrogen and oxygen atoms in total. The minimum Gasteiger partial charge on any atom is -0.298 e. The van der Waals surface area contributed by atoms with Crippen molar-refractivity contribution in [1.82, 2.24) is 0 Å². The third-order valence-electron chi connectivity index (χ3n) is 1.99. The van der Waals surface area contributed by atoms with Crippen molar-refractivity contribution in [3.05, 3.63) is 28.1 Å². The zero-order valence-corrected chi connectivity index (χ0v) is 9.80. The second-order valence-corrected chi connectivity index (χ2v) is 4.96. The first-order chi connectivity index (χ1) is 6.76. The molecule has 0 atom stereocenters. The Hall–Kier alpha value is -0.510. The normalized spacial score (nSPS) is 10.7. The van der Waals surface area contributed by atoms with Gasteiger partial charge in [0.15, 0.2) is 6.29 Å². The average molecular weight is 243 g/mol. The lowest BCUT2D eigenvalue weighted by Gasteiger charge is -1.99. The van der Waals surface area contributed by atoms with Crippen LogP contribution in [-0.2, 0) is 0 Å². The smallest absolute Gasteiger partial charge is 0.151 e. The minimum atomic E-state index is 0.725. The van der Waals surface area contributed by atoms with Gasteiger partial charge in [-0.15, -0.1) is 23.1 Å². The fourth-order valence-electron chi connectivity index (χ4n) is 1.30. The van der Waals surface area contributed by atoms with E-state index in [4.69, 9.17) is 11.6 Å². The third-order valence-corrected chi connectivity index (χ3v) is 4.16. The molecular formula is C10H7ClOS2. The number of fused-ring (bicyclic) bond motifs is 1. The number of rotatable bonds is 2. The molecule has 14 heavy (non-hydrogen) atoms. The fourth-order valence-corrected chi connectivity index (χ4v) is 3.09. The molecule has 0 aliphatic carbocycles. The molecule has 4 heteroatoms. The number of carbonyl (C=O) groups is 1. The first-order valence-corrected chi connectivity index (χ1v) is 6.44.